The van der Waals surface area contributed by atoms with Crippen LogP contribution in [0.4, 0.5) is 10.5 Å². The Morgan fingerprint density at radius 2 is 2.03 bits per heavy atom. The molecule has 1 aromatic heterocycles. The van der Waals surface area contributed by atoms with Gasteiger partial charge in [-0.05, 0) is 60.8 Å². The second-order valence-electron chi connectivity index (χ2n) is 8.58. The van der Waals surface area contributed by atoms with Crippen molar-refractivity contribution in [1.82, 2.24) is 14.1 Å². The Kier molecular flexibility index (Phi) is 5.50. The van der Waals surface area contributed by atoms with Gasteiger partial charge in [0.1, 0.15) is 0 Å². The predicted molar refractivity (Wildman–Crippen MR) is 119 cm³/mol. The average Bonchev–Trinajstić information content (AvgIpc) is 3.51. The lowest BCUT2D eigenvalue weighted by molar-refractivity contribution is 0.0775. The van der Waals surface area contributed by atoms with Crippen molar-refractivity contribution in [2.75, 3.05) is 19.0 Å². The topological polar surface area (TPSA) is 133 Å². The number of fused-ring (bicyclic) bond motifs is 3. The number of aryl methyl sites for hydroxylation is 2. The molecule has 0 saturated carbocycles. The third kappa shape index (κ3) is 3.63. The lowest BCUT2D eigenvalue weighted by Gasteiger charge is -2.21. The van der Waals surface area contributed by atoms with Crippen molar-refractivity contribution in [1.29, 1.82) is 10.0 Å². The standard InChI is InChI=1S/C22H26N6O4S/c1-31-16-8-9-32-21-19(11-25-27(21)12-16)33(24,30)28(13-23)22(29)26-20-17-6-2-4-14(17)10-15-5-3-7-18(15)20/h10-11,16,24H,2-9,12H2,1H3,(H,26,29)/t16-,33+/m1/s1. The predicted octanol–water partition coefficient (Wildman–Crippen LogP) is 2.99. The maximum absolute atomic E-state index is 13.6. The molecule has 11 heteroatoms. The van der Waals surface area contributed by atoms with Gasteiger partial charge in [-0.25, -0.2) is 18.5 Å². The molecule has 0 spiro atoms. The van der Waals surface area contributed by atoms with E-state index < -0.39 is 15.9 Å². The van der Waals surface area contributed by atoms with E-state index >= 15 is 0 Å². The van der Waals surface area contributed by atoms with E-state index in [1.165, 1.54) is 22.0 Å². The van der Waals surface area contributed by atoms with E-state index in [9.17, 15) is 14.3 Å². The zero-order valence-electron chi connectivity index (χ0n) is 18.4. The number of ether oxygens (including phenoxy) is 2. The van der Waals surface area contributed by atoms with Crippen LogP contribution in [0.25, 0.3) is 0 Å². The normalized spacial score (nSPS) is 20.4. The minimum Gasteiger partial charge on any atom is -0.477 e. The molecule has 2 amide bonds. The number of rotatable bonds is 4. The van der Waals surface area contributed by atoms with Crippen molar-refractivity contribution >= 4 is 21.6 Å². The minimum absolute atomic E-state index is 0.0977. The van der Waals surface area contributed by atoms with Gasteiger partial charge < -0.3 is 14.8 Å². The number of hydrogen-bond acceptors (Lipinski definition) is 7. The quantitative estimate of drug-likeness (QED) is 0.521. The first-order valence-electron chi connectivity index (χ1n) is 11.1. The second-order valence-corrected chi connectivity index (χ2v) is 10.4. The number of nitriles is 1. The van der Waals surface area contributed by atoms with Crippen molar-refractivity contribution in [3.8, 4) is 12.1 Å². The summed E-state index contributed by atoms with van der Waals surface area (Å²) >= 11 is 0. The van der Waals surface area contributed by atoms with Gasteiger partial charge in [-0.15, -0.1) is 4.31 Å². The van der Waals surface area contributed by atoms with Crippen molar-refractivity contribution in [2.45, 2.75) is 62.5 Å². The Balaban J connectivity index is 1.47. The number of carbonyl (C=O) groups is 1. The van der Waals surface area contributed by atoms with Crippen LogP contribution in [0.2, 0.25) is 0 Å². The first kappa shape index (κ1) is 21.7. The van der Waals surface area contributed by atoms with E-state index in [2.05, 4.69) is 16.5 Å². The summed E-state index contributed by atoms with van der Waals surface area (Å²) in [6, 6.07) is 1.36. The summed E-state index contributed by atoms with van der Waals surface area (Å²) in [6.07, 6.45) is 9.03. The van der Waals surface area contributed by atoms with Crippen LogP contribution < -0.4 is 10.1 Å². The van der Waals surface area contributed by atoms with Gasteiger partial charge in [0.2, 0.25) is 12.1 Å². The number of nitrogens with zero attached hydrogens (tertiary/aromatic N) is 4. The number of urea groups is 1. The largest absolute Gasteiger partial charge is 0.477 e. The molecule has 0 bridgehead atoms. The molecule has 10 nitrogen and oxygen atoms in total. The molecule has 2 aromatic rings. The third-order valence-corrected chi connectivity index (χ3v) is 8.32. The molecule has 2 N–H and O–H groups in total. The van der Waals surface area contributed by atoms with Crippen LogP contribution in [0, 0.1) is 16.2 Å². The number of anilines is 1. The zero-order valence-corrected chi connectivity index (χ0v) is 19.2. The highest BCUT2D eigenvalue weighted by Crippen LogP contribution is 2.39. The molecular formula is C22H26N6O4S. The first-order chi connectivity index (χ1) is 15.9. The maximum Gasteiger partial charge on any atom is 0.348 e. The molecule has 0 fully saturated rings. The summed E-state index contributed by atoms with van der Waals surface area (Å²) in [6.45, 7) is 0.649. The van der Waals surface area contributed by atoms with Crippen LogP contribution >= 0.6 is 0 Å². The maximum atomic E-state index is 13.6. The summed E-state index contributed by atoms with van der Waals surface area (Å²) in [4.78, 5) is 13.1. The zero-order chi connectivity index (χ0) is 23.2. The Bertz CT molecular complexity index is 1230. The molecule has 1 aromatic carbocycles. The Morgan fingerprint density at radius 1 is 1.33 bits per heavy atom. The van der Waals surface area contributed by atoms with Gasteiger partial charge in [0.05, 0.1) is 25.5 Å². The molecule has 33 heavy (non-hydrogen) atoms. The molecule has 2 heterocycles. The van der Waals surface area contributed by atoms with E-state index in [0.717, 1.165) is 55.3 Å². The number of methoxy groups -OCH3 is 1. The molecule has 2 atom stereocenters. The lowest BCUT2D eigenvalue weighted by atomic mass is 9.99. The molecule has 1 aliphatic heterocycles. The Morgan fingerprint density at radius 3 is 2.67 bits per heavy atom. The van der Waals surface area contributed by atoms with Crippen molar-refractivity contribution in [2.24, 2.45) is 0 Å². The Labute approximate surface area is 192 Å². The number of hydrogen-bond donors (Lipinski definition) is 2. The van der Waals surface area contributed by atoms with Gasteiger partial charge in [-0.1, -0.05) is 6.07 Å². The van der Waals surface area contributed by atoms with Crippen molar-refractivity contribution in [3.05, 3.63) is 34.5 Å². The van der Waals surface area contributed by atoms with Crippen LogP contribution in [0.3, 0.4) is 0 Å². The van der Waals surface area contributed by atoms with Gasteiger partial charge >= 0.3 is 6.03 Å². The van der Waals surface area contributed by atoms with Crippen LogP contribution in [0.5, 0.6) is 5.88 Å². The van der Waals surface area contributed by atoms with E-state index in [-0.39, 0.29) is 23.5 Å². The highest BCUT2D eigenvalue weighted by molar-refractivity contribution is 7.91. The summed E-state index contributed by atoms with van der Waals surface area (Å²) in [5.41, 5.74) is 5.36. The van der Waals surface area contributed by atoms with E-state index in [1.807, 2.05) is 0 Å². The third-order valence-electron chi connectivity index (χ3n) is 6.68. The van der Waals surface area contributed by atoms with Crippen LogP contribution in [-0.2, 0) is 46.9 Å². The first-order valence-corrected chi connectivity index (χ1v) is 12.6. The molecular weight excluding hydrogens is 444 g/mol. The van der Waals surface area contributed by atoms with Crippen molar-refractivity contribution < 1.29 is 18.5 Å². The van der Waals surface area contributed by atoms with Crippen LogP contribution in [0.15, 0.2) is 17.2 Å². The van der Waals surface area contributed by atoms with Crippen LogP contribution in [0.1, 0.15) is 41.5 Å². The Hall–Kier alpha value is -3.10. The lowest BCUT2D eigenvalue weighted by Crippen LogP contribution is -2.36. The van der Waals surface area contributed by atoms with E-state index in [1.54, 1.807) is 13.3 Å². The molecule has 3 aliphatic rings. The highest BCUT2D eigenvalue weighted by atomic mass is 32.2. The average molecular weight is 471 g/mol. The minimum atomic E-state index is -4.03. The SMILES string of the molecule is CO[C@@H]1CCOc2c([S@@](=N)(=O)N(C#N)C(=O)Nc3c4c(cc5c3CCC5)CCC4)cnn2C1. The number of aromatic nitrogens is 2. The van der Waals surface area contributed by atoms with E-state index in [0.29, 0.717) is 17.3 Å². The van der Waals surface area contributed by atoms with Gasteiger partial charge in [-0.2, -0.15) is 10.4 Å². The number of benzene rings is 1. The van der Waals surface area contributed by atoms with Gasteiger partial charge in [0.25, 0.3) is 0 Å². The van der Waals surface area contributed by atoms with Crippen molar-refractivity contribution in [3.63, 3.8) is 0 Å². The monoisotopic (exact) mass is 470 g/mol. The second kappa shape index (κ2) is 8.35. The van der Waals surface area contributed by atoms with Gasteiger partial charge in [0, 0.05) is 19.2 Å². The number of nitrogens with one attached hydrogen (secondary N) is 2. The summed E-state index contributed by atoms with van der Waals surface area (Å²) in [7, 11) is -2.44. The molecule has 0 unspecified atom stereocenters. The fourth-order valence-corrected chi connectivity index (χ4v) is 6.21. The summed E-state index contributed by atoms with van der Waals surface area (Å²) in [5.74, 6) is 0.129. The summed E-state index contributed by atoms with van der Waals surface area (Å²) in [5, 5.41) is 16.8. The molecule has 5 rings (SSSR count). The molecule has 0 radical (unpaired) electrons. The fraction of sp³-hybridized carbons (Fsp3) is 0.500. The molecule has 0 saturated heterocycles. The van der Waals surface area contributed by atoms with E-state index in [4.69, 9.17) is 14.3 Å². The fourth-order valence-electron chi connectivity index (χ4n) is 5.03. The van der Waals surface area contributed by atoms with Gasteiger partial charge in [-0.3, -0.25) is 0 Å². The summed E-state index contributed by atoms with van der Waals surface area (Å²) < 4.78 is 35.1. The van der Waals surface area contributed by atoms with Gasteiger partial charge in [0.15, 0.2) is 14.8 Å². The number of carbonyl (C=O) groups excluding carboxylic acids is 1. The highest BCUT2D eigenvalue weighted by Gasteiger charge is 2.35. The van der Waals surface area contributed by atoms with Crippen LogP contribution in [-0.4, -0.2) is 44.1 Å². The molecule has 174 valence electrons. The number of amides is 2. The molecule has 2 aliphatic carbocycles. The smallest absolute Gasteiger partial charge is 0.348 e.